The highest BCUT2D eigenvalue weighted by molar-refractivity contribution is 7.99. The zero-order valence-corrected chi connectivity index (χ0v) is 14.2. The molecular weight excluding hydrogens is 383 g/mol. The molecule has 20 heavy (non-hydrogen) atoms. The van der Waals surface area contributed by atoms with Crippen LogP contribution in [-0.2, 0) is 0 Å². The maximum absolute atomic E-state index is 11.8. The number of carbonyl (C=O) groups is 1. The van der Waals surface area contributed by atoms with E-state index in [4.69, 9.17) is 58.0 Å². The van der Waals surface area contributed by atoms with Gasteiger partial charge in [-0.05, 0) is 30.3 Å². The molecule has 0 saturated heterocycles. The molecule has 2 rings (SSSR count). The first kappa shape index (κ1) is 16.3. The fraction of sp³-hybridized carbons (Fsp3) is 0.0833. The van der Waals surface area contributed by atoms with Crippen LogP contribution in [0.4, 0.5) is 0 Å². The summed E-state index contributed by atoms with van der Waals surface area (Å²) in [7, 11) is 0. The molecule has 2 nitrogen and oxygen atoms in total. The summed E-state index contributed by atoms with van der Waals surface area (Å²) >= 11 is 29.9. The molecular formula is C12H6Cl5NOS. The number of halogens is 5. The van der Waals surface area contributed by atoms with E-state index in [-0.39, 0.29) is 5.69 Å². The fourth-order valence-electron chi connectivity index (χ4n) is 1.39. The highest BCUT2D eigenvalue weighted by Gasteiger charge is 2.32. The van der Waals surface area contributed by atoms with E-state index in [9.17, 15) is 4.79 Å². The number of aromatic amines is 1. The molecule has 0 radical (unpaired) electrons. The lowest BCUT2D eigenvalue weighted by atomic mass is 10.3. The SMILES string of the molecule is O=C(c1ccc(Sc2cc(Cl)ccc2Cl)[nH]1)C(Cl)(Cl)Cl. The number of carbonyl (C=O) groups excluding carboxylic acids is 1. The van der Waals surface area contributed by atoms with Crippen LogP contribution in [0, 0.1) is 0 Å². The minimum atomic E-state index is -1.99. The molecule has 0 spiro atoms. The summed E-state index contributed by atoms with van der Waals surface area (Å²) in [5.74, 6) is -0.619. The monoisotopic (exact) mass is 387 g/mol. The van der Waals surface area contributed by atoms with Crippen LogP contribution in [0.25, 0.3) is 0 Å². The number of nitrogens with one attached hydrogen (secondary N) is 1. The first-order valence-electron chi connectivity index (χ1n) is 5.21. The molecule has 0 aliphatic carbocycles. The Balaban J connectivity index is 2.22. The van der Waals surface area contributed by atoms with Crippen molar-refractivity contribution >= 4 is 75.5 Å². The zero-order valence-electron chi connectivity index (χ0n) is 9.59. The Labute approximate surface area is 144 Å². The Morgan fingerprint density at radius 2 is 1.80 bits per heavy atom. The van der Waals surface area contributed by atoms with Crippen LogP contribution in [-0.4, -0.2) is 14.6 Å². The van der Waals surface area contributed by atoms with Crippen LogP contribution in [0.5, 0.6) is 0 Å². The second kappa shape index (κ2) is 6.39. The fourth-order valence-corrected chi connectivity index (χ4v) is 3.05. The number of ketones is 1. The first-order valence-corrected chi connectivity index (χ1v) is 7.91. The van der Waals surface area contributed by atoms with Crippen LogP contribution in [0.15, 0.2) is 40.3 Å². The first-order chi connectivity index (χ1) is 9.27. The molecule has 0 unspecified atom stereocenters. The number of aromatic nitrogens is 1. The van der Waals surface area contributed by atoms with Crippen LogP contribution in [0.3, 0.4) is 0 Å². The molecule has 0 fully saturated rings. The van der Waals surface area contributed by atoms with Gasteiger partial charge in [0.1, 0.15) is 0 Å². The third-order valence-electron chi connectivity index (χ3n) is 2.27. The van der Waals surface area contributed by atoms with E-state index < -0.39 is 9.58 Å². The molecule has 1 heterocycles. The van der Waals surface area contributed by atoms with Crippen LogP contribution in [0.1, 0.15) is 10.5 Å². The van der Waals surface area contributed by atoms with Gasteiger partial charge in [0.25, 0.3) is 3.79 Å². The molecule has 1 aromatic heterocycles. The second-order valence-electron chi connectivity index (χ2n) is 3.74. The molecule has 0 saturated carbocycles. The minimum Gasteiger partial charge on any atom is -0.347 e. The lowest BCUT2D eigenvalue weighted by molar-refractivity contribution is 0.0992. The molecule has 0 aliphatic heterocycles. The summed E-state index contributed by atoms with van der Waals surface area (Å²) in [6, 6.07) is 8.37. The van der Waals surface area contributed by atoms with Gasteiger partial charge in [0.2, 0.25) is 5.78 Å². The molecule has 0 bridgehead atoms. The normalized spacial score (nSPS) is 11.7. The quantitative estimate of drug-likeness (QED) is 0.514. The highest BCUT2D eigenvalue weighted by atomic mass is 35.6. The Morgan fingerprint density at radius 1 is 1.10 bits per heavy atom. The molecule has 106 valence electrons. The van der Waals surface area contributed by atoms with Gasteiger partial charge in [0.15, 0.2) is 0 Å². The topological polar surface area (TPSA) is 32.9 Å². The number of Topliss-reactive ketones (excluding diaryl/α,β-unsaturated/α-hetero) is 1. The molecule has 0 amide bonds. The van der Waals surface area contributed by atoms with E-state index >= 15 is 0 Å². The maximum Gasteiger partial charge on any atom is 0.254 e. The molecule has 1 aromatic carbocycles. The Bertz CT molecular complexity index is 650. The summed E-state index contributed by atoms with van der Waals surface area (Å²) in [6.45, 7) is 0. The van der Waals surface area contributed by atoms with Crippen molar-refractivity contribution < 1.29 is 4.79 Å². The van der Waals surface area contributed by atoms with E-state index in [2.05, 4.69) is 4.98 Å². The summed E-state index contributed by atoms with van der Waals surface area (Å²) in [4.78, 5) is 15.4. The summed E-state index contributed by atoms with van der Waals surface area (Å²) in [6.07, 6.45) is 0. The van der Waals surface area contributed by atoms with Crippen LogP contribution < -0.4 is 0 Å². The number of hydrogen-bond donors (Lipinski definition) is 1. The van der Waals surface area contributed by atoms with Crippen molar-refractivity contribution in [1.82, 2.24) is 4.98 Å². The maximum atomic E-state index is 11.8. The average Bonchev–Trinajstić information content (AvgIpc) is 2.80. The third-order valence-corrected chi connectivity index (χ3v) is 4.48. The van der Waals surface area contributed by atoms with Crippen molar-refractivity contribution in [2.24, 2.45) is 0 Å². The summed E-state index contributed by atoms with van der Waals surface area (Å²) in [5.41, 5.74) is 0.214. The number of rotatable bonds is 3. The van der Waals surface area contributed by atoms with Gasteiger partial charge in [0, 0.05) is 9.92 Å². The Morgan fingerprint density at radius 3 is 2.45 bits per heavy atom. The van der Waals surface area contributed by atoms with Gasteiger partial charge >= 0.3 is 0 Å². The van der Waals surface area contributed by atoms with Gasteiger partial charge in [-0.1, -0.05) is 69.8 Å². The smallest absolute Gasteiger partial charge is 0.254 e. The van der Waals surface area contributed by atoms with Crippen LogP contribution in [0.2, 0.25) is 10.0 Å². The average molecular weight is 390 g/mol. The van der Waals surface area contributed by atoms with Gasteiger partial charge in [-0.15, -0.1) is 0 Å². The lowest BCUT2D eigenvalue weighted by Gasteiger charge is -2.07. The number of alkyl halides is 3. The largest absolute Gasteiger partial charge is 0.347 e. The molecule has 2 aromatic rings. The second-order valence-corrected chi connectivity index (χ2v) is 7.95. The molecule has 8 heteroatoms. The summed E-state index contributed by atoms with van der Waals surface area (Å²) in [5, 5.41) is 1.82. The highest BCUT2D eigenvalue weighted by Crippen LogP contribution is 2.36. The molecule has 0 atom stereocenters. The third kappa shape index (κ3) is 4.00. The van der Waals surface area contributed by atoms with Gasteiger partial charge < -0.3 is 4.98 Å². The van der Waals surface area contributed by atoms with Crippen molar-refractivity contribution in [3.8, 4) is 0 Å². The van der Waals surface area contributed by atoms with Gasteiger partial charge in [-0.2, -0.15) is 0 Å². The van der Waals surface area contributed by atoms with Crippen LogP contribution >= 0.6 is 69.8 Å². The van der Waals surface area contributed by atoms with E-state index in [1.807, 2.05) is 0 Å². The van der Waals surface area contributed by atoms with Crippen molar-refractivity contribution in [1.29, 1.82) is 0 Å². The predicted molar refractivity (Wildman–Crippen MR) is 86.0 cm³/mol. The number of benzene rings is 1. The van der Waals surface area contributed by atoms with E-state index in [0.29, 0.717) is 15.1 Å². The number of H-pyrrole nitrogens is 1. The molecule has 0 aliphatic rings. The van der Waals surface area contributed by atoms with Gasteiger partial charge in [0.05, 0.1) is 15.7 Å². The van der Waals surface area contributed by atoms with E-state index in [0.717, 1.165) is 4.90 Å². The Kier molecular flexibility index (Phi) is 5.22. The lowest BCUT2D eigenvalue weighted by Crippen LogP contribution is -2.19. The van der Waals surface area contributed by atoms with Gasteiger partial charge in [-0.3, -0.25) is 4.79 Å². The minimum absolute atomic E-state index is 0.214. The summed E-state index contributed by atoms with van der Waals surface area (Å²) < 4.78 is -1.99. The standard InChI is InChI=1S/C12H6Cl5NOS/c13-6-1-2-7(14)9(5-6)20-10-4-3-8(18-10)11(19)12(15,16)17/h1-5,18H. The van der Waals surface area contributed by atoms with Crippen molar-refractivity contribution in [3.05, 3.63) is 46.1 Å². The number of hydrogen-bond acceptors (Lipinski definition) is 2. The molecule has 1 N–H and O–H groups in total. The Hall–Kier alpha value is -0.0300. The van der Waals surface area contributed by atoms with E-state index in [1.54, 1.807) is 30.3 Å². The van der Waals surface area contributed by atoms with E-state index in [1.165, 1.54) is 11.8 Å². The van der Waals surface area contributed by atoms with Gasteiger partial charge in [-0.25, -0.2) is 0 Å². The van der Waals surface area contributed by atoms with Crippen molar-refractivity contribution in [3.63, 3.8) is 0 Å². The van der Waals surface area contributed by atoms with Crippen molar-refractivity contribution in [2.45, 2.75) is 13.7 Å². The zero-order chi connectivity index (χ0) is 14.9. The van der Waals surface area contributed by atoms with Crippen molar-refractivity contribution in [2.75, 3.05) is 0 Å². The predicted octanol–water partition coefficient (Wildman–Crippen LogP) is 6.03.